The van der Waals surface area contributed by atoms with E-state index in [-0.39, 0.29) is 29.2 Å². The molecule has 1 heterocycles. The van der Waals surface area contributed by atoms with Crippen LogP contribution in [0.15, 0.2) is 42.5 Å². The third-order valence-electron chi connectivity index (χ3n) is 4.00. The van der Waals surface area contributed by atoms with Gasteiger partial charge in [0.1, 0.15) is 5.75 Å². The van der Waals surface area contributed by atoms with Gasteiger partial charge in [0.15, 0.2) is 6.10 Å². The number of carbonyl (C=O) groups is 3. The van der Waals surface area contributed by atoms with E-state index >= 15 is 0 Å². The van der Waals surface area contributed by atoms with Crippen molar-refractivity contribution in [1.82, 2.24) is 0 Å². The summed E-state index contributed by atoms with van der Waals surface area (Å²) in [4.78, 5) is 35.7. The van der Waals surface area contributed by atoms with Crippen LogP contribution in [0.4, 0.5) is 17.1 Å². The molecule has 0 aliphatic carbocycles. The summed E-state index contributed by atoms with van der Waals surface area (Å²) in [7, 11) is 0. The first-order valence-electron chi connectivity index (χ1n) is 8.76. The highest BCUT2D eigenvalue weighted by atomic mass is 32.2. The molecule has 3 rings (SSSR count). The van der Waals surface area contributed by atoms with Gasteiger partial charge in [0, 0.05) is 11.4 Å². The van der Waals surface area contributed by atoms with Gasteiger partial charge in [-0.15, -0.1) is 11.8 Å². The van der Waals surface area contributed by atoms with Gasteiger partial charge in [-0.25, -0.2) is 0 Å². The fourth-order valence-corrected chi connectivity index (χ4v) is 3.17. The molecule has 1 aliphatic heterocycles. The number of rotatable bonds is 6. The van der Waals surface area contributed by atoms with Crippen molar-refractivity contribution < 1.29 is 19.1 Å². The second kappa shape index (κ2) is 8.79. The van der Waals surface area contributed by atoms with Crippen molar-refractivity contribution in [2.24, 2.45) is 0 Å². The predicted octanol–water partition coefficient (Wildman–Crippen LogP) is 3.02. The summed E-state index contributed by atoms with van der Waals surface area (Å²) in [5.41, 5.74) is 2.91. The van der Waals surface area contributed by atoms with E-state index in [4.69, 9.17) is 4.74 Å². The molecule has 1 atom stereocenters. The number of anilines is 3. The lowest BCUT2D eigenvalue weighted by Gasteiger charge is -2.23. The number of thioether (sulfide) groups is 1. The largest absolute Gasteiger partial charge is 0.479 e. The molecule has 0 saturated heterocycles. The van der Waals surface area contributed by atoms with Crippen molar-refractivity contribution in [2.75, 3.05) is 27.5 Å². The minimum absolute atomic E-state index is 0.137. The van der Waals surface area contributed by atoms with Crippen molar-refractivity contribution in [3.8, 4) is 5.75 Å². The molecule has 0 aromatic heterocycles. The average molecular weight is 399 g/mol. The highest BCUT2D eigenvalue weighted by Gasteiger charge is 2.23. The second-order valence-corrected chi connectivity index (χ2v) is 7.40. The molecule has 0 radical (unpaired) electrons. The zero-order valence-electron chi connectivity index (χ0n) is 15.6. The highest BCUT2D eigenvalue weighted by molar-refractivity contribution is 8.00. The number of hydrogen-bond donors (Lipinski definition) is 3. The standard InChI is InChI=1S/C20H21N3O4S/c1-12-3-5-14(6-4-12)21-18(24)10-28-11-19(25)22-15-7-8-17-16(9-15)23-20(26)13(2)27-17/h3-9,13H,10-11H2,1-2H3,(H,21,24)(H,22,25)(H,23,26)/t13-/m1/s1. The topological polar surface area (TPSA) is 96.5 Å². The molecular weight excluding hydrogens is 378 g/mol. The Balaban J connectivity index is 1.44. The molecule has 0 saturated carbocycles. The Morgan fingerprint density at radius 1 is 1.04 bits per heavy atom. The number of nitrogens with one attached hydrogen (secondary N) is 3. The average Bonchev–Trinajstić information content (AvgIpc) is 2.65. The molecule has 7 nitrogen and oxygen atoms in total. The summed E-state index contributed by atoms with van der Waals surface area (Å²) in [6.07, 6.45) is -0.546. The third kappa shape index (κ3) is 5.26. The number of aryl methyl sites for hydroxylation is 1. The van der Waals surface area contributed by atoms with Crippen LogP contribution in [0.3, 0.4) is 0 Å². The van der Waals surface area contributed by atoms with Gasteiger partial charge in [-0.05, 0) is 44.2 Å². The van der Waals surface area contributed by atoms with Crippen molar-refractivity contribution in [3.63, 3.8) is 0 Å². The quantitative estimate of drug-likeness (QED) is 0.694. The van der Waals surface area contributed by atoms with Crippen LogP contribution in [0.25, 0.3) is 0 Å². The van der Waals surface area contributed by atoms with Gasteiger partial charge in [0.25, 0.3) is 5.91 Å². The van der Waals surface area contributed by atoms with Gasteiger partial charge in [-0.1, -0.05) is 17.7 Å². The summed E-state index contributed by atoms with van der Waals surface area (Å²) in [5.74, 6) is 0.248. The second-order valence-electron chi connectivity index (χ2n) is 6.42. The molecule has 146 valence electrons. The first-order chi connectivity index (χ1) is 13.4. The van der Waals surface area contributed by atoms with Crippen molar-refractivity contribution in [2.45, 2.75) is 20.0 Å². The molecule has 0 bridgehead atoms. The molecule has 2 aromatic carbocycles. The number of hydrogen-bond acceptors (Lipinski definition) is 5. The molecule has 0 fully saturated rings. The predicted molar refractivity (Wildman–Crippen MR) is 111 cm³/mol. The number of benzene rings is 2. The number of ether oxygens (including phenoxy) is 1. The van der Waals surface area contributed by atoms with E-state index in [0.29, 0.717) is 17.1 Å². The van der Waals surface area contributed by atoms with Crippen molar-refractivity contribution >= 4 is 46.5 Å². The van der Waals surface area contributed by atoms with Gasteiger partial charge >= 0.3 is 0 Å². The molecule has 3 N–H and O–H groups in total. The summed E-state index contributed by atoms with van der Waals surface area (Å²) in [6, 6.07) is 12.6. The fourth-order valence-electron chi connectivity index (χ4n) is 2.55. The summed E-state index contributed by atoms with van der Waals surface area (Å²) < 4.78 is 5.48. The maximum Gasteiger partial charge on any atom is 0.265 e. The van der Waals surface area contributed by atoms with Crippen LogP contribution >= 0.6 is 11.8 Å². The molecule has 3 amide bonds. The van der Waals surface area contributed by atoms with E-state index in [1.807, 2.05) is 31.2 Å². The molecule has 28 heavy (non-hydrogen) atoms. The molecular formula is C20H21N3O4S. The van der Waals surface area contributed by atoms with Crippen LogP contribution in [0.5, 0.6) is 5.75 Å². The van der Waals surface area contributed by atoms with Crippen molar-refractivity contribution in [1.29, 1.82) is 0 Å². The Morgan fingerprint density at radius 2 is 1.64 bits per heavy atom. The zero-order valence-corrected chi connectivity index (χ0v) is 16.4. The Bertz CT molecular complexity index is 899. The van der Waals surface area contributed by atoms with Gasteiger partial charge < -0.3 is 20.7 Å². The van der Waals surface area contributed by atoms with E-state index < -0.39 is 6.10 Å². The molecule has 2 aromatic rings. The molecule has 1 aliphatic rings. The van der Waals surface area contributed by atoms with Crippen LogP contribution in [0.1, 0.15) is 12.5 Å². The minimum atomic E-state index is -0.546. The molecule has 8 heteroatoms. The Kier molecular flexibility index (Phi) is 6.20. The SMILES string of the molecule is Cc1ccc(NC(=O)CSCC(=O)Nc2ccc3c(c2)NC(=O)[C@@H](C)O3)cc1. The van der Waals surface area contributed by atoms with E-state index in [1.54, 1.807) is 25.1 Å². The lowest BCUT2D eigenvalue weighted by molar-refractivity contribution is -0.122. The smallest absolute Gasteiger partial charge is 0.265 e. The maximum atomic E-state index is 12.1. The lowest BCUT2D eigenvalue weighted by atomic mass is 10.2. The van der Waals surface area contributed by atoms with Crippen LogP contribution in [-0.4, -0.2) is 35.3 Å². The number of carbonyl (C=O) groups excluding carboxylic acids is 3. The monoisotopic (exact) mass is 399 g/mol. The Morgan fingerprint density at radius 3 is 2.32 bits per heavy atom. The Labute approximate surface area is 167 Å². The van der Waals surface area contributed by atoms with E-state index in [2.05, 4.69) is 16.0 Å². The first kappa shape index (κ1) is 19.8. The van der Waals surface area contributed by atoms with E-state index in [1.165, 1.54) is 11.8 Å². The first-order valence-corrected chi connectivity index (χ1v) is 9.92. The van der Waals surface area contributed by atoms with Gasteiger partial charge in [-0.2, -0.15) is 0 Å². The van der Waals surface area contributed by atoms with Gasteiger partial charge in [0.05, 0.1) is 17.2 Å². The van der Waals surface area contributed by atoms with Crippen LogP contribution in [0, 0.1) is 6.92 Å². The third-order valence-corrected chi connectivity index (χ3v) is 4.93. The number of amides is 3. The van der Waals surface area contributed by atoms with Crippen LogP contribution in [0.2, 0.25) is 0 Å². The maximum absolute atomic E-state index is 12.1. The number of fused-ring (bicyclic) bond motifs is 1. The minimum Gasteiger partial charge on any atom is -0.479 e. The van der Waals surface area contributed by atoms with Gasteiger partial charge in [0.2, 0.25) is 11.8 Å². The van der Waals surface area contributed by atoms with Gasteiger partial charge in [-0.3, -0.25) is 14.4 Å². The normalized spacial score (nSPS) is 15.1. The van der Waals surface area contributed by atoms with E-state index in [0.717, 1.165) is 11.3 Å². The summed E-state index contributed by atoms with van der Waals surface area (Å²) >= 11 is 1.22. The van der Waals surface area contributed by atoms with Crippen molar-refractivity contribution in [3.05, 3.63) is 48.0 Å². The molecule has 0 unspecified atom stereocenters. The summed E-state index contributed by atoms with van der Waals surface area (Å²) in [5, 5.41) is 8.27. The fraction of sp³-hybridized carbons (Fsp3) is 0.250. The van der Waals surface area contributed by atoms with Crippen LogP contribution < -0.4 is 20.7 Å². The van der Waals surface area contributed by atoms with Crippen LogP contribution in [-0.2, 0) is 14.4 Å². The zero-order chi connectivity index (χ0) is 20.1. The molecule has 0 spiro atoms. The Hall–Kier alpha value is -3.00. The summed E-state index contributed by atoms with van der Waals surface area (Å²) in [6.45, 7) is 3.64. The highest BCUT2D eigenvalue weighted by Crippen LogP contribution is 2.32. The van der Waals surface area contributed by atoms with E-state index in [9.17, 15) is 14.4 Å². The lowest BCUT2D eigenvalue weighted by Crippen LogP contribution is -2.34.